The van der Waals surface area contributed by atoms with E-state index in [0.717, 1.165) is 25.7 Å². The molecule has 2 bridgehead atoms. The van der Waals surface area contributed by atoms with E-state index >= 15 is 0 Å². The summed E-state index contributed by atoms with van der Waals surface area (Å²) in [5.41, 5.74) is 0. The van der Waals surface area contributed by atoms with Crippen molar-refractivity contribution in [2.75, 3.05) is 39.3 Å². The maximum absolute atomic E-state index is 10.1. The average molecular weight is 744 g/mol. The van der Waals surface area contributed by atoms with E-state index in [4.69, 9.17) is 0 Å². The first-order valence-corrected chi connectivity index (χ1v) is 23.5. The van der Waals surface area contributed by atoms with Crippen LogP contribution in [0.5, 0.6) is 0 Å². The molecule has 0 aliphatic carbocycles. The number of carbonyl (C=O) groups excluding carboxylic acids is 2. The second-order valence-electron chi connectivity index (χ2n) is 13.0. The molecule has 0 aromatic heterocycles. The van der Waals surface area contributed by atoms with Gasteiger partial charge >= 0.3 is 69.5 Å². The zero-order valence-corrected chi connectivity index (χ0v) is 33.5. The monoisotopic (exact) mass is 744 g/mol. The van der Waals surface area contributed by atoms with Crippen LogP contribution in [0.25, 0.3) is 0 Å². The standard InChI is InChI=1S/2C12H24O2.C6H12N2.2C4H9.Sn/c2*1-2-3-4-5-6-7-8-9-10-11-12(13)14;1-2-8-5-3-7(1)4-6-8;2*1-3-4-2;/h2*2-11H2,1H3,(H,13,14);1-6H2;2*1,3-4H2,2H3;/q;;;;;+2/p-2. The molecule has 45 heavy (non-hydrogen) atoms. The SMILES string of the molecule is C1CN2CCN1CC2.CCCCCCCCCCCC(=O)[O-].CCCCCCCCCCCC(=O)[O-].CCC[CH2][Sn+2][CH2]CCC. The molecule has 3 fully saturated rings. The summed E-state index contributed by atoms with van der Waals surface area (Å²) < 4.78 is 3.25. The van der Waals surface area contributed by atoms with Gasteiger partial charge in [-0.15, -0.1) is 0 Å². The number of aliphatic carboxylic acids is 2. The van der Waals surface area contributed by atoms with Crippen molar-refractivity contribution in [2.45, 2.75) is 191 Å². The first kappa shape index (κ1) is 46.8. The molecule has 3 aliphatic rings. The van der Waals surface area contributed by atoms with Gasteiger partial charge in [0.25, 0.3) is 0 Å². The van der Waals surface area contributed by atoms with Crippen molar-refractivity contribution in [1.29, 1.82) is 0 Å². The Bertz CT molecular complexity index is 539. The van der Waals surface area contributed by atoms with Crippen LogP contribution < -0.4 is 10.2 Å². The van der Waals surface area contributed by atoms with Crippen molar-refractivity contribution < 1.29 is 19.8 Å². The summed E-state index contributed by atoms with van der Waals surface area (Å²) in [6.45, 7) is 16.9. The Kier molecular flexibility index (Phi) is 41.4. The quantitative estimate of drug-likeness (QED) is 0.0659. The van der Waals surface area contributed by atoms with E-state index < -0.39 is 11.9 Å². The van der Waals surface area contributed by atoms with Gasteiger partial charge in [-0.1, -0.05) is 117 Å². The summed E-state index contributed by atoms with van der Waals surface area (Å²) in [4.78, 5) is 25.3. The topological polar surface area (TPSA) is 86.7 Å². The number of hydrogen-bond acceptors (Lipinski definition) is 6. The second-order valence-corrected chi connectivity index (χ2v) is 17.3. The molecule has 3 aliphatic heterocycles. The molecule has 7 heteroatoms. The first-order valence-electron chi connectivity index (χ1n) is 19.5. The third kappa shape index (κ3) is 41.6. The average Bonchev–Trinajstić information content (AvgIpc) is 3.05. The van der Waals surface area contributed by atoms with Crippen LogP contribution in [0.15, 0.2) is 0 Å². The van der Waals surface area contributed by atoms with E-state index in [0.29, 0.717) is 0 Å². The number of hydrogen-bond donors (Lipinski definition) is 0. The van der Waals surface area contributed by atoms with Crippen LogP contribution in [0, 0.1) is 0 Å². The van der Waals surface area contributed by atoms with Crippen molar-refractivity contribution in [3.63, 3.8) is 0 Å². The van der Waals surface area contributed by atoms with Crippen LogP contribution in [0.2, 0.25) is 8.87 Å². The van der Waals surface area contributed by atoms with Crippen LogP contribution in [-0.4, -0.2) is 82.1 Å². The predicted molar refractivity (Wildman–Crippen MR) is 192 cm³/mol. The first-order chi connectivity index (χ1) is 21.9. The Morgan fingerprint density at radius 3 is 0.889 bits per heavy atom. The molecular weight excluding hydrogens is 667 g/mol. The molecule has 3 rings (SSSR count). The fourth-order valence-electron chi connectivity index (χ4n) is 5.41. The zero-order chi connectivity index (χ0) is 33.6. The Labute approximate surface area is 291 Å². The molecule has 0 amide bonds. The molecule has 0 N–H and O–H groups in total. The molecule has 6 nitrogen and oxygen atoms in total. The van der Waals surface area contributed by atoms with Gasteiger partial charge in [-0.05, 0) is 25.7 Å². The number of fused-ring (bicyclic) bond motifs is 3. The summed E-state index contributed by atoms with van der Waals surface area (Å²) >= 11 is 0.149. The fourth-order valence-corrected chi connectivity index (χ4v) is 9.57. The number of carboxylic acids is 2. The van der Waals surface area contributed by atoms with E-state index in [-0.39, 0.29) is 34.0 Å². The summed E-state index contributed by atoms with van der Waals surface area (Å²) in [5.74, 6) is -1.82. The summed E-state index contributed by atoms with van der Waals surface area (Å²) in [7, 11) is 0. The third-order valence-electron chi connectivity index (χ3n) is 8.58. The van der Waals surface area contributed by atoms with E-state index in [1.165, 1.54) is 155 Å². The van der Waals surface area contributed by atoms with Crippen LogP contribution in [-0.2, 0) is 9.59 Å². The molecule has 3 saturated heterocycles. The fraction of sp³-hybridized carbons (Fsp3) is 0.947. The predicted octanol–water partition coefficient (Wildman–Crippen LogP) is 8.06. The van der Waals surface area contributed by atoms with Crippen molar-refractivity contribution in [3.8, 4) is 0 Å². The number of carboxylic acid groups (broad SMARTS) is 2. The van der Waals surface area contributed by atoms with E-state index in [1.807, 2.05) is 0 Å². The summed E-state index contributed by atoms with van der Waals surface area (Å²) in [5, 5.41) is 20.2. The van der Waals surface area contributed by atoms with E-state index in [9.17, 15) is 19.8 Å². The Morgan fingerprint density at radius 2 is 0.667 bits per heavy atom. The second kappa shape index (κ2) is 39.8. The van der Waals surface area contributed by atoms with Crippen molar-refractivity contribution >= 4 is 33.1 Å². The van der Waals surface area contributed by atoms with Gasteiger partial charge in [0.2, 0.25) is 0 Å². The minimum atomic E-state index is -0.909. The molecule has 0 aromatic rings. The Balaban J connectivity index is 0. The minimum absolute atomic E-state index is 0.149. The maximum atomic E-state index is 10.1. The molecule has 0 spiro atoms. The van der Waals surface area contributed by atoms with Crippen molar-refractivity contribution in [3.05, 3.63) is 0 Å². The molecule has 0 atom stereocenters. The Morgan fingerprint density at radius 1 is 0.422 bits per heavy atom. The van der Waals surface area contributed by atoms with Crippen molar-refractivity contribution in [2.24, 2.45) is 0 Å². The van der Waals surface area contributed by atoms with Gasteiger partial charge in [0.1, 0.15) is 0 Å². The molecule has 3 heterocycles. The van der Waals surface area contributed by atoms with E-state index in [1.54, 1.807) is 8.87 Å². The molecule has 266 valence electrons. The number of piperazine rings is 3. The Hall–Kier alpha value is -0.341. The van der Waals surface area contributed by atoms with Crippen LogP contribution in [0.4, 0.5) is 0 Å². The van der Waals surface area contributed by atoms with Gasteiger partial charge in [-0.25, -0.2) is 0 Å². The molecule has 0 aromatic carbocycles. The number of unbranched alkanes of at least 4 members (excludes halogenated alkanes) is 18. The molecule has 0 radical (unpaired) electrons. The summed E-state index contributed by atoms with van der Waals surface area (Å²) in [6.07, 6.45) is 28.2. The van der Waals surface area contributed by atoms with Gasteiger partial charge < -0.3 is 19.8 Å². The number of carbonyl (C=O) groups is 2. The molecular formula is C38H76N2O4Sn. The normalized spacial score (nSPS) is 16.3. The van der Waals surface area contributed by atoms with Gasteiger partial charge in [0.15, 0.2) is 0 Å². The van der Waals surface area contributed by atoms with Gasteiger partial charge in [-0.3, -0.25) is 9.80 Å². The van der Waals surface area contributed by atoms with Gasteiger partial charge in [-0.2, -0.15) is 0 Å². The number of rotatable bonds is 26. The van der Waals surface area contributed by atoms with Crippen molar-refractivity contribution in [1.82, 2.24) is 9.80 Å². The molecule has 0 saturated carbocycles. The van der Waals surface area contributed by atoms with Crippen LogP contribution >= 0.6 is 0 Å². The van der Waals surface area contributed by atoms with Crippen LogP contribution in [0.3, 0.4) is 0 Å². The van der Waals surface area contributed by atoms with Gasteiger partial charge in [0, 0.05) is 51.2 Å². The van der Waals surface area contributed by atoms with E-state index in [2.05, 4.69) is 37.5 Å². The molecule has 0 unspecified atom stereocenters. The zero-order valence-electron chi connectivity index (χ0n) is 30.7. The van der Waals surface area contributed by atoms with Crippen LogP contribution in [0.1, 0.15) is 182 Å². The summed E-state index contributed by atoms with van der Waals surface area (Å²) in [6, 6.07) is 0. The van der Waals surface area contributed by atoms with Gasteiger partial charge in [0.05, 0.1) is 0 Å². The third-order valence-corrected chi connectivity index (χ3v) is 12.6. The number of nitrogens with zero attached hydrogens (tertiary/aromatic N) is 2.